The molecule has 2 unspecified atom stereocenters. The Morgan fingerprint density at radius 3 is 1.62 bits per heavy atom. The second kappa shape index (κ2) is 19.1. The van der Waals surface area contributed by atoms with Crippen molar-refractivity contribution >= 4 is 0 Å². The Morgan fingerprint density at radius 2 is 1.00 bits per heavy atom. The van der Waals surface area contributed by atoms with Crippen molar-refractivity contribution in [3.63, 3.8) is 0 Å². The van der Waals surface area contributed by atoms with Crippen molar-refractivity contribution in [1.29, 1.82) is 0 Å². The lowest BCUT2D eigenvalue weighted by Crippen LogP contribution is -1.95. The van der Waals surface area contributed by atoms with Crippen LogP contribution >= 0.6 is 0 Å². The molecule has 0 aliphatic rings. The van der Waals surface area contributed by atoms with E-state index in [1.54, 1.807) is 0 Å². The van der Waals surface area contributed by atoms with E-state index in [0.717, 1.165) is 24.7 Å². The second-order valence-electron chi connectivity index (χ2n) is 7.95. The van der Waals surface area contributed by atoms with Crippen LogP contribution in [0.5, 0.6) is 0 Å². The van der Waals surface area contributed by atoms with Crippen LogP contribution in [0.1, 0.15) is 117 Å². The normalized spacial score (nSPS) is 14.3. The summed E-state index contributed by atoms with van der Waals surface area (Å²) in [6.45, 7) is 12.7. The molecule has 2 radical (unpaired) electrons. The zero-order chi connectivity index (χ0) is 17.9. The highest BCUT2D eigenvalue weighted by atomic mass is 14.1. The summed E-state index contributed by atoms with van der Waals surface area (Å²) in [6, 6.07) is 0. The van der Waals surface area contributed by atoms with Crippen LogP contribution < -0.4 is 0 Å². The molecule has 0 heterocycles. The number of allylic oxidation sites excluding steroid dienone is 2. The van der Waals surface area contributed by atoms with Crippen LogP contribution in [0.4, 0.5) is 0 Å². The SMILES string of the molecule is [CH2]CCCCCCC(C)CCCCC=CCCCC(C)CCC[CH2]. The molecule has 0 saturated heterocycles. The molecule has 2 atom stereocenters. The van der Waals surface area contributed by atoms with E-state index >= 15 is 0 Å². The minimum Gasteiger partial charge on any atom is -0.0885 e. The molecule has 0 bridgehead atoms. The maximum absolute atomic E-state index is 3.93. The minimum absolute atomic E-state index is 0.889. The molecule has 0 spiro atoms. The molecule has 142 valence electrons. The summed E-state index contributed by atoms with van der Waals surface area (Å²) in [5.41, 5.74) is 0. The van der Waals surface area contributed by atoms with Crippen LogP contribution in [-0.4, -0.2) is 0 Å². The van der Waals surface area contributed by atoms with Crippen LogP contribution in [0.25, 0.3) is 0 Å². The Balaban J connectivity index is 3.30. The van der Waals surface area contributed by atoms with Crippen molar-refractivity contribution in [2.75, 3.05) is 0 Å². The third kappa shape index (κ3) is 18.1. The highest BCUT2D eigenvalue weighted by Crippen LogP contribution is 2.18. The van der Waals surface area contributed by atoms with Crippen molar-refractivity contribution in [2.45, 2.75) is 117 Å². The predicted octanol–water partition coefficient (Wildman–Crippen LogP) is 8.72. The van der Waals surface area contributed by atoms with E-state index in [2.05, 4.69) is 39.8 Å². The molecule has 0 aromatic carbocycles. The molecule has 0 nitrogen and oxygen atoms in total. The molecule has 0 saturated carbocycles. The third-order valence-electron chi connectivity index (χ3n) is 5.20. The van der Waals surface area contributed by atoms with Gasteiger partial charge in [0.05, 0.1) is 0 Å². The maximum Gasteiger partial charge on any atom is -0.0351 e. The predicted molar refractivity (Wildman–Crippen MR) is 112 cm³/mol. The van der Waals surface area contributed by atoms with Gasteiger partial charge in [0.15, 0.2) is 0 Å². The first-order chi connectivity index (χ1) is 11.7. The van der Waals surface area contributed by atoms with E-state index in [1.807, 2.05) is 0 Å². The van der Waals surface area contributed by atoms with Crippen molar-refractivity contribution in [3.8, 4) is 0 Å². The Labute approximate surface area is 154 Å². The van der Waals surface area contributed by atoms with E-state index in [-0.39, 0.29) is 0 Å². The third-order valence-corrected chi connectivity index (χ3v) is 5.20. The van der Waals surface area contributed by atoms with Crippen molar-refractivity contribution in [3.05, 3.63) is 26.0 Å². The van der Waals surface area contributed by atoms with Crippen LogP contribution in [0, 0.1) is 25.7 Å². The molecule has 0 aromatic heterocycles. The van der Waals surface area contributed by atoms with E-state index in [9.17, 15) is 0 Å². The fourth-order valence-corrected chi connectivity index (χ4v) is 3.38. The standard InChI is InChI=1S/C24H46/c1-5-7-9-13-16-21-24(4)22-18-15-12-10-11-14-17-20-23(3)19-8-6-2/h10-11,23-24H,1-2,5-9,12-22H2,3-4H3. The van der Waals surface area contributed by atoms with Crippen molar-refractivity contribution in [1.82, 2.24) is 0 Å². The molecule has 0 N–H and O–H groups in total. The first kappa shape index (κ1) is 23.7. The highest BCUT2D eigenvalue weighted by molar-refractivity contribution is 4.81. The molecule has 0 aliphatic carbocycles. The lowest BCUT2D eigenvalue weighted by molar-refractivity contribution is 0.440. The molecule has 0 amide bonds. The van der Waals surface area contributed by atoms with Gasteiger partial charge in [0.2, 0.25) is 0 Å². The minimum atomic E-state index is 0.889. The zero-order valence-electron chi connectivity index (χ0n) is 17.0. The molecule has 0 heteroatoms. The van der Waals surface area contributed by atoms with Crippen LogP contribution in [0.2, 0.25) is 0 Å². The number of rotatable bonds is 18. The van der Waals surface area contributed by atoms with Gasteiger partial charge in [-0.1, -0.05) is 117 Å². The van der Waals surface area contributed by atoms with Crippen LogP contribution in [-0.2, 0) is 0 Å². The molecule has 0 aromatic rings. The molecular weight excluding hydrogens is 288 g/mol. The Hall–Kier alpha value is -0.260. The average Bonchev–Trinajstić information content (AvgIpc) is 2.58. The highest BCUT2D eigenvalue weighted by Gasteiger charge is 2.02. The monoisotopic (exact) mass is 334 g/mol. The fourth-order valence-electron chi connectivity index (χ4n) is 3.38. The summed E-state index contributed by atoms with van der Waals surface area (Å²) in [7, 11) is 0. The topological polar surface area (TPSA) is 0 Å². The molecule has 0 rings (SSSR count). The van der Waals surface area contributed by atoms with Gasteiger partial charge in [0, 0.05) is 0 Å². The molecule has 0 aliphatic heterocycles. The maximum atomic E-state index is 3.93. The quantitative estimate of drug-likeness (QED) is 0.174. The summed E-state index contributed by atoms with van der Waals surface area (Å²) >= 11 is 0. The van der Waals surface area contributed by atoms with Crippen molar-refractivity contribution in [2.24, 2.45) is 11.8 Å². The van der Waals surface area contributed by atoms with Gasteiger partial charge < -0.3 is 0 Å². The Bertz CT molecular complexity index is 253. The van der Waals surface area contributed by atoms with Gasteiger partial charge in [-0.05, 0) is 37.5 Å². The van der Waals surface area contributed by atoms with E-state index in [0.29, 0.717) is 0 Å². The van der Waals surface area contributed by atoms with Crippen LogP contribution in [0.3, 0.4) is 0 Å². The first-order valence-electron chi connectivity index (χ1n) is 10.9. The zero-order valence-corrected chi connectivity index (χ0v) is 17.0. The van der Waals surface area contributed by atoms with Gasteiger partial charge in [-0.25, -0.2) is 0 Å². The number of unbranched alkanes of at least 4 members (excludes halogenated alkanes) is 8. The van der Waals surface area contributed by atoms with Gasteiger partial charge >= 0.3 is 0 Å². The van der Waals surface area contributed by atoms with Gasteiger partial charge in [-0.2, -0.15) is 0 Å². The Kier molecular flexibility index (Phi) is 18.9. The summed E-state index contributed by atoms with van der Waals surface area (Å²) in [5.74, 6) is 1.81. The van der Waals surface area contributed by atoms with E-state index < -0.39 is 0 Å². The average molecular weight is 335 g/mol. The molecule has 24 heavy (non-hydrogen) atoms. The summed E-state index contributed by atoms with van der Waals surface area (Å²) < 4.78 is 0. The van der Waals surface area contributed by atoms with E-state index in [1.165, 1.54) is 89.9 Å². The van der Waals surface area contributed by atoms with Crippen LogP contribution in [0.15, 0.2) is 12.2 Å². The second-order valence-corrected chi connectivity index (χ2v) is 7.95. The largest absolute Gasteiger partial charge is 0.0885 e. The summed E-state index contributed by atoms with van der Waals surface area (Å²) in [6.07, 6.45) is 26.2. The smallest absolute Gasteiger partial charge is 0.0351 e. The van der Waals surface area contributed by atoms with Crippen molar-refractivity contribution < 1.29 is 0 Å². The molecule has 0 fully saturated rings. The number of hydrogen-bond donors (Lipinski definition) is 0. The summed E-state index contributed by atoms with van der Waals surface area (Å²) in [5, 5.41) is 0. The molecular formula is C24H46. The lowest BCUT2D eigenvalue weighted by Gasteiger charge is -2.10. The first-order valence-corrected chi connectivity index (χ1v) is 10.9. The van der Waals surface area contributed by atoms with Gasteiger partial charge in [-0.15, -0.1) is 0 Å². The number of hydrogen-bond acceptors (Lipinski definition) is 0. The Morgan fingerprint density at radius 1 is 0.542 bits per heavy atom. The lowest BCUT2D eigenvalue weighted by atomic mass is 9.96. The van der Waals surface area contributed by atoms with Gasteiger partial charge in [-0.3, -0.25) is 0 Å². The van der Waals surface area contributed by atoms with E-state index in [4.69, 9.17) is 0 Å². The fraction of sp³-hybridized carbons (Fsp3) is 0.833. The van der Waals surface area contributed by atoms with Gasteiger partial charge in [0.1, 0.15) is 0 Å². The van der Waals surface area contributed by atoms with Gasteiger partial charge in [0.25, 0.3) is 0 Å². The summed E-state index contributed by atoms with van der Waals surface area (Å²) in [4.78, 5) is 0.